The van der Waals surface area contributed by atoms with E-state index in [0.717, 1.165) is 0 Å². The molecule has 2 N–H and O–H groups in total. The van der Waals surface area contributed by atoms with Crippen molar-refractivity contribution in [1.29, 1.82) is 0 Å². The van der Waals surface area contributed by atoms with E-state index >= 15 is 0 Å². The van der Waals surface area contributed by atoms with Crippen LogP contribution in [0.25, 0.3) is 0 Å². The molecule has 0 fully saturated rings. The second-order valence-corrected chi connectivity index (χ2v) is 3.09. The van der Waals surface area contributed by atoms with E-state index in [2.05, 4.69) is 20.9 Å². The van der Waals surface area contributed by atoms with Gasteiger partial charge in [-0.25, -0.2) is 18.6 Å². The summed E-state index contributed by atoms with van der Waals surface area (Å²) in [5, 5.41) is 17.6. The summed E-state index contributed by atoms with van der Waals surface area (Å²) in [5.41, 5.74) is -1.31. The van der Waals surface area contributed by atoms with Crippen molar-refractivity contribution in [3.8, 4) is 5.75 Å². The van der Waals surface area contributed by atoms with Crippen LogP contribution in [0.2, 0.25) is 0 Å². The Morgan fingerprint density at radius 3 is 2.57 bits per heavy atom. The molecule has 0 spiro atoms. The van der Waals surface area contributed by atoms with Crippen LogP contribution in [0, 0.1) is 0 Å². The van der Waals surface area contributed by atoms with Crippen molar-refractivity contribution in [2.24, 2.45) is 0 Å². The van der Waals surface area contributed by atoms with Gasteiger partial charge in [-0.3, -0.25) is 0 Å². The number of hydrogen-bond donors (Lipinski definition) is 2. The van der Waals surface area contributed by atoms with Gasteiger partial charge in [0, 0.05) is 0 Å². The van der Waals surface area contributed by atoms with E-state index in [0.29, 0.717) is 6.07 Å². The summed E-state index contributed by atoms with van der Waals surface area (Å²) >= 11 is 2.68. The first-order valence-corrected chi connectivity index (χ1v) is 4.13. The summed E-state index contributed by atoms with van der Waals surface area (Å²) in [6.45, 7) is 0. The third-order valence-corrected chi connectivity index (χ3v) is 1.99. The van der Waals surface area contributed by atoms with Gasteiger partial charge in [0.05, 0.1) is 5.56 Å². The molecular weight excluding hydrogens is 264 g/mol. The Morgan fingerprint density at radius 2 is 2.14 bits per heavy atom. The Balaban J connectivity index is 3.35. The highest BCUT2D eigenvalue weighted by Crippen LogP contribution is 2.33. The van der Waals surface area contributed by atoms with E-state index in [1.54, 1.807) is 0 Å². The molecule has 1 aromatic heterocycles. The lowest BCUT2D eigenvalue weighted by molar-refractivity contribution is 0.0689. The first-order chi connectivity index (χ1) is 6.43. The van der Waals surface area contributed by atoms with Crippen molar-refractivity contribution < 1.29 is 23.8 Å². The molecular formula is C7H4BrF2NO3. The zero-order valence-electron chi connectivity index (χ0n) is 6.54. The molecule has 14 heavy (non-hydrogen) atoms. The van der Waals surface area contributed by atoms with Gasteiger partial charge >= 0.3 is 5.97 Å². The number of hydrogen-bond acceptors (Lipinski definition) is 3. The molecule has 4 nitrogen and oxygen atoms in total. The van der Waals surface area contributed by atoms with Gasteiger partial charge in [-0.2, -0.15) is 0 Å². The van der Waals surface area contributed by atoms with Gasteiger partial charge in [-0.1, -0.05) is 0 Å². The Labute approximate surface area is 85.3 Å². The molecule has 0 bridgehead atoms. The first-order valence-electron chi connectivity index (χ1n) is 3.34. The molecule has 0 saturated heterocycles. The second-order valence-electron chi connectivity index (χ2n) is 2.34. The SMILES string of the molecule is O=C(O)c1cc(C(F)F)c(O)c(Br)n1. The molecule has 0 saturated carbocycles. The maximum absolute atomic E-state index is 12.2. The maximum Gasteiger partial charge on any atom is 0.354 e. The molecule has 1 aromatic rings. The number of aromatic carboxylic acids is 1. The Kier molecular flexibility index (Phi) is 3.00. The molecule has 0 aromatic carbocycles. The summed E-state index contributed by atoms with van der Waals surface area (Å²) in [6, 6.07) is 0.632. The monoisotopic (exact) mass is 267 g/mol. The quantitative estimate of drug-likeness (QED) is 0.806. The number of carboxylic acid groups (broad SMARTS) is 1. The van der Waals surface area contributed by atoms with Crippen LogP contribution in [-0.2, 0) is 0 Å². The van der Waals surface area contributed by atoms with Gasteiger partial charge < -0.3 is 10.2 Å². The lowest BCUT2D eigenvalue weighted by Gasteiger charge is -2.05. The van der Waals surface area contributed by atoms with Crippen LogP contribution in [0.15, 0.2) is 10.7 Å². The van der Waals surface area contributed by atoms with Gasteiger partial charge in [0.2, 0.25) is 0 Å². The largest absolute Gasteiger partial charge is 0.505 e. The van der Waals surface area contributed by atoms with Crippen molar-refractivity contribution in [3.05, 3.63) is 21.9 Å². The number of nitrogens with zero attached hydrogens (tertiary/aromatic N) is 1. The number of carboxylic acids is 1. The van der Waals surface area contributed by atoms with Crippen molar-refractivity contribution in [2.45, 2.75) is 6.43 Å². The summed E-state index contributed by atoms with van der Waals surface area (Å²) in [4.78, 5) is 13.8. The molecule has 0 amide bonds. The predicted molar refractivity (Wildman–Crippen MR) is 45.5 cm³/mol. The Bertz CT molecular complexity index is 383. The van der Waals surface area contributed by atoms with Gasteiger partial charge in [-0.15, -0.1) is 0 Å². The Hall–Kier alpha value is -1.24. The molecule has 1 heterocycles. The third kappa shape index (κ3) is 1.98. The number of rotatable bonds is 2. The first kappa shape index (κ1) is 10.8. The number of aromatic hydroxyl groups is 1. The minimum atomic E-state index is -2.95. The van der Waals surface area contributed by atoms with Crippen LogP contribution in [0.1, 0.15) is 22.5 Å². The zero-order chi connectivity index (χ0) is 10.9. The number of halogens is 3. The number of aromatic nitrogens is 1. The molecule has 7 heteroatoms. The van der Waals surface area contributed by atoms with Crippen LogP contribution in [0.5, 0.6) is 5.75 Å². The van der Waals surface area contributed by atoms with Crippen LogP contribution in [0.4, 0.5) is 8.78 Å². The minimum Gasteiger partial charge on any atom is -0.505 e. The summed E-state index contributed by atoms with van der Waals surface area (Å²) in [6.07, 6.45) is -2.95. The predicted octanol–water partition coefficient (Wildman–Crippen LogP) is 2.19. The van der Waals surface area contributed by atoms with E-state index in [-0.39, 0.29) is 4.60 Å². The average molecular weight is 268 g/mol. The summed E-state index contributed by atoms with van der Waals surface area (Å²) < 4.78 is 24.2. The van der Waals surface area contributed by atoms with E-state index < -0.39 is 29.4 Å². The fourth-order valence-electron chi connectivity index (χ4n) is 0.802. The molecule has 0 aliphatic rings. The van der Waals surface area contributed by atoms with Gasteiger partial charge in [0.25, 0.3) is 6.43 Å². The standard InChI is InChI=1S/C7H4BrF2NO3/c8-5-4(12)2(6(9)10)1-3(11-5)7(13)14/h1,6,12H,(H,13,14). The number of pyridine rings is 1. The molecule has 1 rings (SSSR count). The van der Waals surface area contributed by atoms with Crippen molar-refractivity contribution in [2.75, 3.05) is 0 Å². The lowest BCUT2D eigenvalue weighted by Crippen LogP contribution is -2.02. The van der Waals surface area contributed by atoms with Gasteiger partial charge in [0.15, 0.2) is 5.75 Å². The van der Waals surface area contributed by atoms with Gasteiger partial charge in [-0.05, 0) is 22.0 Å². The molecule has 0 aliphatic carbocycles. The van der Waals surface area contributed by atoms with Crippen molar-refractivity contribution in [3.63, 3.8) is 0 Å². The zero-order valence-corrected chi connectivity index (χ0v) is 8.12. The molecule has 76 valence electrons. The highest BCUT2D eigenvalue weighted by Gasteiger charge is 2.19. The van der Waals surface area contributed by atoms with Crippen molar-refractivity contribution >= 4 is 21.9 Å². The summed E-state index contributed by atoms with van der Waals surface area (Å²) in [7, 11) is 0. The fourth-order valence-corrected chi connectivity index (χ4v) is 1.22. The molecule has 0 radical (unpaired) electrons. The topological polar surface area (TPSA) is 70.4 Å². The highest BCUT2D eigenvalue weighted by molar-refractivity contribution is 9.10. The molecule has 0 aliphatic heterocycles. The summed E-state index contributed by atoms with van der Waals surface area (Å²) in [5.74, 6) is -2.18. The average Bonchev–Trinajstić information content (AvgIpc) is 2.08. The minimum absolute atomic E-state index is 0.312. The van der Waals surface area contributed by atoms with E-state index in [4.69, 9.17) is 10.2 Å². The maximum atomic E-state index is 12.2. The number of alkyl halides is 2. The van der Waals surface area contributed by atoms with Crippen LogP contribution in [0.3, 0.4) is 0 Å². The van der Waals surface area contributed by atoms with E-state index in [9.17, 15) is 13.6 Å². The highest BCUT2D eigenvalue weighted by atomic mass is 79.9. The van der Waals surface area contributed by atoms with Crippen LogP contribution in [-0.4, -0.2) is 21.2 Å². The van der Waals surface area contributed by atoms with Crippen LogP contribution < -0.4 is 0 Å². The number of carbonyl (C=O) groups is 1. The van der Waals surface area contributed by atoms with E-state index in [1.165, 1.54) is 0 Å². The lowest BCUT2D eigenvalue weighted by atomic mass is 10.2. The normalized spacial score (nSPS) is 10.6. The Morgan fingerprint density at radius 1 is 1.57 bits per heavy atom. The molecule has 0 unspecified atom stereocenters. The van der Waals surface area contributed by atoms with Gasteiger partial charge in [0.1, 0.15) is 10.3 Å². The van der Waals surface area contributed by atoms with Crippen molar-refractivity contribution in [1.82, 2.24) is 4.98 Å². The fraction of sp³-hybridized carbons (Fsp3) is 0.143. The smallest absolute Gasteiger partial charge is 0.354 e. The molecule has 0 atom stereocenters. The van der Waals surface area contributed by atoms with Crippen LogP contribution >= 0.6 is 15.9 Å². The second kappa shape index (κ2) is 3.87. The van der Waals surface area contributed by atoms with E-state index in [1.807, 2.05) is 0 Å². The third-order valence-electron chi connectivity index (χ3n) is 1.43.